The van der Waals surface area contributed by atoms with Gasteiger partial charge >= 0.3 is 0 Å². The number of pyridine rings is 1. The molecule has 13 rings (SSSR count). The van der Waals surface area contributed by atoms with Gasteiger partial charge in [-0.1, -0.05) is 226 Å². The Balaban J connectivity index is 1.04. The molecule has 4 aromatic heterocycles. The zero-order valence-corrected chi connectivity index (χ0v) is 46.6. The predicted octanol–water partition coefficient (Wildman–Crippen LogP) is 18.2. The van der Waals surface area contributed by atoms with Gasteiger partial charge in [0.25, 0.3) is 0 Å². The molecule has 0 unspecified atom stereocenters. The molecule has 0 radical (unpaired) electrons. The van der Waals surface area contributed by atoms with E-state index >= 15 is 0 Å². The topological polar surface area (TPSA) is 53.7 Å². The monoisotopic (exact) mass is 1050 g/mol. The van der Waals surface area contributed by atoms with E-state index in [1.165, 1.54) is 5.56 Å². The number of ether oxygens (including phenoxy) is 1. The van der Waals surface area contributed by atoms with Gasteiger partial charge in [0.2, 0.25) is 12.2 Å². The standard InChI is InChI=1S/C73H64N6O/c1-71(2,3)51-38-39-74-67(43-51)79-64-37-21-18-32-61(64)68-65(78-62-35-19-16-30-59(62)60-31-17-20-36-63(60)78)45-56(46-66(68)79)80-55-29-22-28-54(44-55)77-47-76(70(75-77)49-26-14-11-15-27-49)69-57(48-24-12-10-13-25-48)33-23-34-58(69)50-40-52(72(4,5)6)42-53(41-50)73(7,8)9/h10-46H,1-9H3/i10D,12D,13D,24D,25D. The van der Waals surface area contributed by atoms with Crippen LogP contribution in [0, 0.1) is 6.33 Å². The number of benzene rings is 9. The van der Waals surface area contributed by atoms with Gasteiger partial charge < -0.3 is 13.9 Å². The second-order valence-corrected chi connectivity index (χ2v) is 23.8. The first-order valence-electron chi connectivity index (χ1n) is 29.8. The summed E-state index contributed by atoms with van der Waals surface area (Å²) >= 11 is 0. The average molecular weight is 1050 g/mol. The summed E-state index contributed by atoms with van der Waals surface area (Å²) in [6.45, 7) is 19.9. The first-order valence-corrected chi connectivity index (χ1v) is 27.3. The van der Waals surface area contributed by atoms with Crippen LogP contribution in [0.3, 0.4) is 0 Å². The van der Waals surface area contributed by atoms with Gasteiger partial charge in [-0.15, -0.1) is 0 Å². The highest BCUT2D eigenvalue weighted by molar-refractivity contribution is 6.16. The van der Waals surface area contributed by atoms with Gasteiger partial charge in [0.1, 0.15) is 17.3 Å². The van der Waals surface area contributed by atoms with Gasteiger partial charge in [0.15, 0.2) is 0 Å². The van der Waals surface area contributed by atoms with Crippen LogP contribution in [0.15, 0.2) is 224 Å². The third kappa shape index (κ3) is 8.93. The van der Waals surface area contributed by atoms with Crippen molar-refractivity contribution in [3.05, 3.63) is 247 Å². The minimum atomic E-state index is -0.462. The van der Waals surface area contributed by atoms with Crippen LogP contribution in [0.2, 0.25) is 0 Å². The molecule has 7 nitrogen and oxygen atoms in total. The Kier molecular flexibility index (Phi) is 10.7. The quantitative estimate of drug-likeness (QED) is 0.107. The maximum atomic E-state index is 9.36. The van der Waals surface area contributed by atoms with Gasteiger partial charge in [-0.2, -0.15) is 4.68 Å². The van der Waals surface area contributed by atoms with Gasteiger partial charge in [0, 0.05) is 51.1 Å². The van der Waals surface area contributed by atoms with Gasteiger partial charge in [0.05, 0.1) is 40.3 Å². The summed E-state index contributed by atoms with van der Waals surface area (Å²) in [5.74, 6) is 2.46. The first-order chi connectivity index (χ1) is 40.6. The molecule has 0 bridgehead atoms. The van der Waals surface area contributed by atoms with Crippen molar-refractivity contribution in [3.63, 3.8) is 0 Å². The van der Waals surface area contributed by atoms with Crippen LogP contribution in [0.1, 0.15) is 85.9 Å². The van der Waals surface area contributed by atoms with Crippen LogP contribution < -0.4 is 9.30 Å². The Hall–Kier alpha value is -9.33. The van der Waals surface area contributed by atoms with Crippen LogP contribution in [-0.2, 0) is 16.2 Å². The predicted molar refractivity (Wildman–Crippen MR) is 329 cm³/mol. The van der Waals surface area contributed by atoms with E-state index in [0.29, 0.717) is 34.3 Å². The molecule has 392 valence electrons. The maximum absolute atomic E-state index is 9.36. The highest BCUT2D eigenvalue weighted by Gasteiger charge is 2.27. The SMILES string of the molecule is [2H]c1c([2H])c([2H])c(-c2cccc(-c3cc(C(C)(C)C)cc(C(C)(C)C)c3)c2-[n+]2[c-]n(-c3cccc(Oc4cc(-n5c6ccccc6c6ccccc65)c5c6ccccc6n(-c6cc(C(C)(C)C)ccn6)c5c4)c3)nc2-c2ccccc2)c([2H])c1[2H]. The molecule has 0 aliphatic heterocycles. The minimum absolute atomic E-state index is 0.0721. The van der Waals surface area contributed by atoms with Crippen molar-refractivity contribution in [2.45, 2.75) is 78.6 Å². The number of hydrogen-bond acceptors (Lipinski definition) is 3. The lowest BCUT2D eigenvalue weighted by molar-refractivity contribution is -0.587. The fourth-order valence-electron chi connectivity index (χ4n) is 11.1. The molecular formula is C73H64N6O. The molecule has 0 atom stereocenters. The molecule has 4 heterocycles. The zero-order chi connectivity index (χ0) is 59.4. The Morgan fingerprint density at radius 1 is 0.475 bits per heavy atom. The normalized spacial score (nSPS) is 13.2. The molecule has 0 fully saturated rings. The van der Waals surface area contributed by atoms with Crippen molar-refractivity contribution in [1.29, 1.82) is 0 Å². The summed E-state index contributed by atoms with van der Waals surface area (Å²) in [5, 5.41) is 9.77. The van der Waals surface area contributed by atoms with E-state index in [2.05, 4.69) is 193 Å². The van der Waals surface area contributed by atoms with Crippen molar-refractivity contribution in [3.8, 4) is 68.0 Å². The van der Waals surface area contributed by atoms with Crippen LogP contribution in [0.5, 0.6) is 11.5 Å². The zero-order valence-electron chi connectivity index (χ0n) is 51.6. The van der Waals surface area contributed by atoms with E-state index in [1.807, 2.05) is 83.6 Å². The highest BCUT2D eigenvalue weighted by atomic mass is 16.5. The summed E-state index contributed by atoms with van der Waals surface area (Å²) in [7, 11) is 0. The number of fused-ring (bicyclic) bond motifs is 6. The number of nitrogens with zero attached hydrogens (tertiary/aromatic N) is 6. The lowest BCUT2D eigenvalue weighted by atomic mass is 9.78. The fraction of sp³-hybridized carbons (Fsp3) is 0.164. The molecule has 0 saturated carbocycles. The molecule has 7 heteroatoms. The molecule has 0 amide bonds. The molecule has 0 N–H and O–H groups in total. The molecule has 0 saturated heterocycles. The molecular weight excluding hydrogens is 977 g/mol. The molecule has 13 aromatic rings. The first kappa shape index (κ1) is 44.6. The van der Waals surface area contributed by atoms with E-state index < -0.39 is 18.1 Å². The molecule has 80 heavy (non-hydrogen) atoms. The molecule has 0 spiro atoms. The lowest BCUT2D eigenvalue weighted by Gasteiger charge is -2.27. The van der Waals surface area contributed by atoms with Crippen LogP contribution in [-0.4, -0.2) is 23.9 Å². The summed E-state index contributed by atoms with van der Waals surface area (Å²) < 4.78 is 60.4. The smallest absolute Gasteiger partial charge is 0.231 e. The number of para-hydroxylation sites is 4. The Morgan fingerprint density at radius 2 is 1.06 bits per heavy atom. The van der Waals surface area contributed by atoms with E-state index in [1.54, 1.807) is 4.68 Å². The Labute approximate surface area is 475 Å². The second kappa shape index (κ2) is 19.2. The number of hydrogen-bond donors (Lipinski definition) is 0. The summed E-state index contributed by atoms with van der Waals surface area (Å²) in [5.41, 5.74) is 12.0. The number of rotatable bonds is 9. The van der Waals surface area contributed by atoms with Crippen LogP contribution in [0.4, 0.5) is 0 Å². The van der Waals surface area contributed by atoms with Crippen molar-refractivity contribution in [1.82, 2.24) is 23.9 Å². The third-order valence-corrected chi connectivity index (χ3v) is 15.3. The van der Waals surface area contributed by atoms with Gasteiger partial charge in [-0.25, -0.2) is 4.98 Å². The Bertz CT molecular complexity index is 4710. The van der Waals surface area contributed by atoms with E-state index in [0.717, 1.165) is 82.9 Å². The van der Waals surface area contributed by atoms with Crippen molar-refractivity contribution >= 4 is 43.6 Å². The van der Waals surface area contributed by atoms with Crippen molar-refractivity contribution in [2.24, 2.45) is 0 Å². The van der Waals surface area contributed by atoms with Crippen LogP contribution in [0.25, 0.3) is 100 Å². The largest absolute Gasteiger partial charge is 0.458 e. The van der Waals surface area contributed by atoms with Crippen molar-refractivity contribution < 1.29 is 16.2 Å². The number of aromatic nitrogens is 6. The summed E-state index contributed by atoms with van der Waals surface area (Å²) in [6, 6.07) is 62.3. The second-order valence-electron chi connectivity index (χ2n) is 23.8. The van der Waals surface area contributed by atoms with Gasteiger partial charge in [-0.05, 0) is 103 Å². The minimum Gasteiger partial charge on any atom is -0.458 e. The molecule has 9 aromatic carbocycles. The molecule has 0 aliphatic carbocycles. The van der Waals surface area contributed by atoms with E-state index in [-0.39, 0.29) is 33.9 Å². The Morgan fingerprint density at radius 3 is 1.71 bits per heavy atom. The highest BCUT2D eigenvalue weighted by Crippen LogP contribution is 2.44. The average Bonchev–Trinajstić information content (AvgIpc) is 1.71. The fourth-order valence-corrected chi connectivity index (χ4v) is 11.1. The van der Waals surface area contributed by atoms with Crippen molar-refractivity contribution in [2.75, 3.05) is 0 Å². The van der Waals surface area contributed by atoms with Gasteiger partial charge in [-0.3, -0.25) is 4.57 Å². The van der Waals surface area contributed by atoms with Crippen LogP contribution >= 0.6 is 0 Å². The maximum Gasteiger partial charge on any atom is 0.231 e. The van der Waals surface area contributed by atoms with E-state index in [4.69, 9.17) is 18.9 Å². The summed E-state index contributed by atoms with van der Waals surface area (Å²) in [4.78, 5) is 5.05. The molecule has 0 aliphatic rings. The van der Waals surface area contributed by atoms with E-state index in [9.17, 15) is 2.74 Å². The summed E-state index contributed by atoms with van der Waals surface area (Å²) in [6.07, 6.45) is 5.54. The lowest BCUT2D eigenvalue weighted by Crippen LogP contribution is -2.33. The third-order valence-electron chi connectivity index (χ3n) is 15.3.